The molecule has 2 aromatic rings. The molecule has 1 aromatic carbocycles. The Morgan fingerprint density at radius 2 is 2.06 bits per heavy atom. The van der Waals surface area contributed by atoms with Crippen molar-refractivity contribution >= 4 is 11.3 Å². The molecule has 16 heavy (non-hydrogen) atoms. The van der Waals surface area contributed by atoms with Crippen molar-refractivity contribution in [3.63, 3.8) is 0 Å². The van der Waals surface area contributed by atoms with Gasteiger partial charge in [0.2, 0.25) is 0 Å². The second-order valence-electron chi connectivity index (χ2n) is 3.40. The summed E-state index contributed by atoms with van der Waals surface area (Å²) in [5.74, 6) is -0.817. The van der Waals surface area contributed by atoms with Crippen molar-refractivity contribution in [3.8, 4) is 0 Å². The zero-order valence-corrected chi connectivity index (χ0v) is 9.52. The third-order valence-electron chi connectivity index (χ3n) is 2.39. The van der Waals surface area contributed by atoms with Gasteiger partial charge in [-0.1, -0.05) is 6.07 Å². The summed E-state index contributed by atoms with van der Waals surface area (Å²) in [6.45, 7) is 0. The SMILES string of the molecule is CNC(c1cccs1)c1cc(F)ccc1F. The first kappa shape index (κ1) is 11.2. The van der Waals surface area contributed by atoms with Gasteiger partial charge in [-0.2, -0.15) is 0 Å². The Balaban J connectivity index is 2.44. The number of rotatable bonds is 3. The summed E-state index contributed by atoms with van der Waals surface area (Å²) in [7, 11) is 1.73. The second-order valence-corrected chi connectivity index (χ2v) is 4.38. The van der Waals surface area contributed by atoms with E-state index in [9.17, 15) is 8.78 Å². The van der Waals surface area contributed by atoms with Gasteiger partial charge in [-0.15, -0.1) is 11.3 Å². The maximum atomic E-state index is 13.6. The molecule has 84 valence electrons. The molecule has 0 fully saturated rings. The molecule has 4 heteroatoms. The highest BCUT2D eigenvalue weighted by Gasteiger charge is 2.17. The fourth-order valence-corrected chi connectivity index (χ4v) is 2.49. The van der Waals surface area contributed by atoms with E-state index in [1.165, 1.54) is 17.4 Å². The first-order valence-corrected chi connectivity index (χ1v) is 5.76. The summed E-state index contributed by atoms with van der Waals surface area (Å²) in [4.78, 5) is 0.965. The van der Waals surface area contributed by atoms with Crippen LogP contribution in [0.25, 0.3) is 0 Å². The Morgan fingerprint density at radius 1 is 1.25 bits per heavy atom. The molecular weight excluding hydrogens is 228 g/mol. The molecule has 0 aliphatic carbocycles. The van der Waals surface area contributed by atoms with Gasteiger partial charge in [-0.05, 0) is 36.7 Å². The Kier molecular flexibility index (Phi) is 3.31. The minimum absolute atomic E-state index is 0.296. The number of hydrogen-bond donors (Lipinski definition) is 1. The van der Waals surface area contributed by atoms with Crippen molar-refractivity contribution in [2.75, 3.05) is 7.05 Å². The average molecular weight is 239 g/mol. The van der Waals surface area contributed by atoms with Gasteiger partial charge < -0.3 is 5.32 Å². The summed E-state index contributed by atoms with van der Waals surface area (Å²) in [5, 5.41) is 4.91. The maximum Gasteiger partial charge on any atom is 0.128 e. The van der Waals surface area contributed by atoms with E-state index in [4.69, 9.17) is 0 Å². The smallest absolute Gasteiger partial charge is 0.128 e. The highest BCUT2D eigenvalue weighted by atomic mass is 32.1. The summed E-state index contributed by atoms with van der Waals surface area (Å²) < 4.78 is 26.7. The molecular formula is C12H11F2NS. The first-order valence-electron chi connectivity index (χ1n) is 4.88. The first-order chi connectivity index (χ1) is 7.72. The van der Waals surface area contributed by atoms with E-state index < -0.39 is 11.6 Å². The van der Waals surface area contributed by atoms with Gasteiger partial charge in [-0.25, -0.2) is 8.78 Å². The molecule has 1 heterocycles. The van der Waals surface area contributed by atoms with Crippen LogP contribution >= 0.6 is 11.3 Å². The van der Waals surface area contributed by atoms with Crippen LogP contribution < -0.4 is 5.32 Å². The van der Waals surface area contributed by atoms with Gasteiger partial charge in [0.1, 0.15) is 11.6 Å². The summed E-state index contributed by atoms with van der Waals surface area (Å²) in [5.41, 5.74) is 0.338. The molecule has 1 atom stereocenters. The molecule has 1 aromatic heterocycles. The lowest BCUT2D eigenvalue weighted by molar-refractivity contribution is 0.560. The van der Waals surface area contributed by atoms with Crippen molar-refractivity contribution < 1.29 is 8.78 Å². The molecule has 0 saturated carbocycles. The highest BCUT2D eigenvalue weighted by molar-refractivity contribution is 7.10. The quantitative estimate of drug-likeness (QED) is 0.866. The van der Waals surface area contributed by atoms with Crippen LogP contribution in [0.15, 0.2) is 35.7 Å². The van der Waals surface area contributed by atoms with Crippen molar-refractivity contribution in [3.05, 3.63) is 57.8 Å². The fraction of sp³-hybridized carbons (Fsp3) is 0.167. The van der Waals surface area contributed by atoms with E-state index in [1.807, 2.05) is 17.5 Å². The lowest BCUT2D eigenvalue weighted by atomic mass is 10.0. The number of benzene rings is 1. The molecule has 0 aliphatic rings. The standard InChI is InChI=1S/C12H11F2NS/c1-15-12(11-3-2-6-16-11)9-7-8(13)4-5-10(9)14/h2-7,12,15H,1H3. The van der Waals surface area contributed by atoms with Gasteiger partial charge >= 0.3 is 0 Å². The predicted octanol–water partition coefficient (Wildman–Crippen LogP) is 3.34. The summed E-state index contributed by atoms with van der Waals surface area (Å²) in [6, 6.07) is 7.01. The van der Waals surface area contributed by atoms with E-state index in [-0.39, 0.29) is 6.04 Å². The largest absolute Gasteiger partial charge is 0.309 e. The molecule has 1 unspecified atom stereocenters. The van der Waals surface area contributed by atoms with E-state index in [1.54, 1.807) is 7.05 Å². The molecule has 0 bridgehead atoms. The lowest BCUT2D eigenvalue weighted by Gasteiger charge is -2.15. The van der Waals surface area contributed by atoms with E-state index in [0.717, 1.165) is 17.0 Å². The fourth-order valence-electron chi connectivity index (χ4n) is 1.64. The number of nitrogens with one attached hydrogen (secondary N) is 1. The van der Waals surface area contributed by atoms with E-state index in [2.05, 4.69) is 5.32 Å². The average Bonchev–Trinajstić information content (AvgIpc) is 2.78. The van der Waals surface area contributed by atoms with Crippen LogP contribution in [0.5, 0.6) is 0 Å². The molecule has 1 N–H and O–H groups in total. The van der Waals surface area contributed by atoms with Gasteiger partial charge in [0.05, 0.1) is 6.04 Å². The van der Waals surface area contributed by atoms with Crippen LogP contribution in [-0.4, -0.2) is 7.05 Å². The second kappa shape index (κ2) is 4.72. The molecule has 0 aliphatic heterocycles. The third-order valence-corrected chi connectivity index (χ3v) is 3.32. The maximum absolute atomic E-state index is 13.6. The number of hydrogen-bond acceptors (Lipinski definition) is 2. The minimum Gasteiger partial charge on any atom is -0.309 e. The number of halogens is 2. The topological polar surface area (TPSA) is 12.0 Å². The van der Waals surface area contributed by atoms with E-state index in [0.29, 0.717) is 5.56 Å². The van der Waals surface area contributed by atoms with Crippen LogP contribution in [0.2, 0.25) is 0 Å². The predicted molar refractivity (Wildman–Crippen MR) is 61.6 cm³/mol. The van der Waals surface area contributed by atoms with Crippen molar-refractivity contribution in [2.45, 2.75) is 6.04 Å². The van der Waals surface area contributed by atoms with Crippen molar-refractivity contribution in [2.24, 2.45) is 0 Å². The van der Waals surface area contributed by atoms with Crippen molar-refractivity contribution in [1.82, 2.24) is 5.32 Å². The Hall–Kier alpha value is -1.26. The van der Waals surface area contributed by atoms with Gasteiger partial charge in [0, 0.05) is 10.4 Å². The van der Waals surface area contributed by atoms with Crippen LogP contribution in [0.1, 0.15) is 16.5 Å². The molecule has 1 nitrogen and oxygen atoms in total. The lowest BCUT2D eigenvalue weighted by Crippen LogP contribution is -2.18. The highest BCUT2D eigenvalue weighted by Crippen LogP contribution is 2.27. The van der Waals surface area contributed by atoms with Gasteiger partial charge in [0.25, 0.3) is 0 Å². The summed E-state index contributed by atoms with van der Waals surface area (Å²) in [6.07, 6.45) is 0. The molecule has 0 saturated heterocycles. The molecule has 0 radical (unpaired) electrons. The van der Waals surface area contributed by atoms with Crippen LogP contribution in [-0.2, 0) is 0 Å². The molecule has 0 spiro atoms. The summed E-state index contributed by atoms with van der Waals surface area (Å²) >= 11 is 1.51. The van der Waals surface area contributed by atoms with Crippen LogP contribution in [0.3, 0.4) is 0 Å². The Bertz CT molecular complexity index is 468. The van der Waals surface area contributed by atoms with Gasteiger partial charge in [-0.3, -0.25) is 0 Å². The van der Waals surface area contributed by atoms with Crippen molar-refractivity contribution in [1.29, 1.82) is 0 Å². The Labute approximate surface area is 96.7 Å². The van der Waals surface area contributed by atoms with Gasteiger partial charge in [0.15, 0.2) is 0 Å². The Morgan fingerprint density at radius 3 is 2.69 bits per heavy atom. The molecule has 0 amide bonds. The monoisotopic (exact) mass is 239 g/mol. The van der Waals surface area contributed by atoms with Crippen LogP contribution in [0.4, 0.5) is 8.78 Å². The van der Waals surface area contributed by atoms with Crippen LogP contribution in [0, 0.1) is 11.6 Å². The third kappa shape index (κ3) is 2.13. The molecule has 2 rings (SSSR count). The normalized spacial score (nSPS) is 12.7. The van der Waals surface area contributed by atoms with E-state index >= 15 is 0 Å². The minimum atomic E-state index is -0.423. The number of thiophene rings is 1. The zero-order valence-electron chi connectivity index (χ0n) is 8.71. The zero-order chi connectivity index (χ0) is 11.5.